The number of nitrogens with zero attached hydrogens (tertiary/aromatic N) is 2. The summed E-state index contributed by atoms with van der Waals surface area (Å²) in [7, 11) is 1.25. The second-order valence-electron chi connectivity index (χ2n) is 8.43. The maximum Gasteiger partial charge on any atom is 0.328 e. The highest BCUT2D eigenvalue weighted by atomic mass is 35.5. The van der Waals surface area contributed by atoms with Crippen molar-refractivity contribution in [3.8, 4) is 0 Å². The van der Waals surface area contributed by atoms with Crippen LogP contribution in [-0.4, -0.2) is 51.0 Å². The number of aromatic amines is 1. The van der Waals surface area contributed by atoms with Gasteiger partial charge in [-0.05, 0) is 35.9 Å². The van der Waals surface area contributed by atoms with E-state index >= 15 is 0 Å². The van der Waals surface area contributed by atoms with Crippen LogP contribution in [-0.2, 0) is 16.0 Å². The summed E-state index contributed by atoms with van der Waals surface area (Å²) in [4.78, 5) is 49.1. The number of hydroxylamine groups is 1. The highest BCUT2D eigenvalue weighted by Gasteiger charge is 2.45. The van der Waals surface area contributed by atoms with Crippen LogP contribution in [0.1, 0.15) is 43.7 Å². The van der Waals surface area contributed by atoms with Crippen LogP contribution < -0.4 is 5.48 Å². The Morgan fingerprint density at radius 2 is 1.78 bits per heavy atom. The number of amides is 2. The van der Waals surface area contributed by atoms with E-state index in [9.17, 15) is 19.6 Å². The van der Waals surface area contributed by atoms with Crippen LogP contribution in [0.4, 0.5) is 0 Å². The van der Waals surface area contributed by atoms with E-state index in [1.807, 2.05) is 24.3 Å². The Labute approximate surface area is 220 Å². The molecule has 0 aliphatic carbocycles. The SMILES string of the molecule is COC(=O)[C@@H]1Cc2c([nH]c3ccccc23)C(c2ccccn2)N1C(=O)c1cc(Cl)c(Cl)cc1C(=O)NO. The fraction of sp³-hybridized carbons (Fsp3) is 0.154. The minimum Gasteiger partial charge on any atom is -0.467 e. The average Bonchev–Trinajstić information content (AvgIpc) is 3.30. The predicted octanol–water partition coefficient (Wildman–Crippen LogP) is 4.32. The van der Waals surface area contributed by atoms with Gasteiger partial charge in [0, 0.05) is 29.2 Å². The molecule has 2 amide bonds. The number of ether oxygens (including phenoxy) is 1. The molecule has 1 unspecified atom stereocenters. The fourth-order valence-corrected chi connectivity index (χ4v) is 5.14. The molecule has 4 aromatic rings. The first-order valence-electron chi connectivity index (χ1n) is 11.2. The lowest BCUT2D eigenvalue weighted by molar-refractivity contribution is -0.147. The lowest BCUT2D eigenvalue weighted by Gasteiger charge is -2.40. The molecule has 2 aromatic heterocycles. The zero-order valence-electron chi connectivity index (χ0n) is 19.4. The van der Waals surface area contributed by atoms with E-state index in [2.05, 4.69) is 9.97 Å². The number of aromatic nitrogens is 2. The molecule has 1 aliphatic rings. The number of esters is 1. The van der Waals surface area contributed by atoms with Crippen LogP contribution in [0.25, 0.3) is 10.9 Å². The van der Waals surface area contributed by atoms with Crippen molar-refractivity contribution in [2.24, 2.45) is 0 Å². The van der Waals surface area contributed by atoms with Gasteiger partial charge in [-0.15, -0.1) is 0 Å². The van der Waals surface area contributed by atoms with Gasteiger partial charge in [-0.3, -0.25) is 19.8 Å². The molecule has 9 nitrogen and oxygen atoms in total. The number of H-pyrrole nitrogens is 1. The average molecular weight is 539 g/mol. The fourth-order valence-electron chi connectivity index (χ4n) is 4.82. The van der Waals surface area contributed by atoms with Crippen molar-refractivity contribution >= 4 is 51.9 Å². The van der Waals surface area contributed by atoms with Gasteiger partial charge < -0.3 is 14.6 Å². The molecule has 0 spiro atoms. The number of hydrogen-bond acceptors (Lipinski definition) is 6. The summed E-state index contributed by atoms with van der Waals surface area (Å²) in [6.07, 6.45) is 1.75. The third kappa shape index (κ3) is 4.21. The summed E-state index contributed by atoms with van der Waals surface area (Å²) in [5, 5.41) is 10.2. The molecule has 37 heavy (non-hydrogen) atoms. The second-order valence-corrected chi connectivity index (χ2v) is 9.24. The molecule has 2 atom stereocenters. The quantitative estimate of drug-likeness (QED) is 0.202. The Balaban J connectivity index is 1.78. The highest BCUT2D eigenvalue weighted by Crippen LogP contribution is 2.42. The van der Waals surface area contributed by atoms with Crippen LogP contribution in [0.15, 0.2) is 60.8 Å². The molecule has 0 saturated heterocycles. The van der Waals surface area contributed by atoms with Crippen molar-refractivity contribution in [1.29, 1.82) is 0 Å². The minimum atomic E-state index is -1.06. The van der Waals surface area contributed by atoms with Gasteiger partial charge in [0.25, 0.3) is 11.8 Å². The molecule has 188 valence electrons. The van der Waals surface area contributed by atoms with Crippen LogP contribution in [0.5, 0.6) is 0 Å². The van der Waals surface area contributed by atoms with E-state index < -0.39 is 29.9 Å². The Bertz CT molecular complexity index is 1540. The van der Waals surface area contributed by atoms with Crippen molar-refractivity contribution in [3.05, 3.63) is 98.9 Å². The summed E-state index contributed by atoms with van der Waals surface area (Å²) in [6, 6.07) is 13.4. The number of rotatable bonds is 4. The Kier molecular flexibility index (Phi) is 6.59. The highest BCUT2D eigenvalue weighted by molar-refractivity contribution is 6.42. The van der Waals surface area contributed by atoms with Crippen LogP contribution >= 0.6 is 23.2 Å². The van der Waals surface area contributed by atoms with Gasteiger partial charge in [0.2, 0.25) is 0 Å². The van der Waals surface area contributed by atoms with Gasteiger partial charge in [-0.25, -0.2) is 10.3 Å². The summed E-state index contributed by atoms with van der Waals surface area (Å²) in [6.45, 7) is 0. The first kappa shape index (κ1) is 24.8. The Hall–Kier alpha value is -3.92. The number of pyridine rings is 1. The maximum atomic E-state index is 14.3. The summed E-state index contributed by atoms with van der Waals surface area (Å²) >= 11 is 12.3. The number of halogens is 2. The Morgan fingerprint density at radius 1 is 1.08 bits per heavy atom. The number of carbonyl (C=O) groups excluding carboxylic acids is 3. The topological polar surface area (TPSA) is 125 Å². The number of fused-ring (bicyclic) bond motifs is 3. The smallest absolute Gasteiger partial charge is 0.328 e. The largest absolute Gasteiger partial charge is 0.467 e. The second kappa shape index (κ2) is 9.85. The molecule has 0 fully saturated rings. The molecular formula is C26H20Cl2N4O5. The number of benzene rings is 2. The molecule has 5 rings (SSSR count). The number of hydrogen-bond donors (Lipinski definition) is 3. The zero-order valence-corrected chi connectivity index (χ0v) is 20.9. The molecular weight excluding hydrogens is 519 g/mol. The van der Waals surface area contributed by atoms with E-state index in [1.165, 1.54) is 29.6 Å². The standard InChI is InChI=1S/C26H20Cl2N4O5/c1-37-26(35)21-12-14-13-6-2-3-7-19(13)30-22(14)23(20-8-4-5-9-29-20)32(21)25(34)16-11-18(28)17(27)10-15(16)24(33)31-36/h2-11,21,23,30,36H,12H2,1H3,(H,31,33)/t21-,23?/m0/s1. The lowest BCUT2D eigenvalue weighted by atomic mass is 9.88. The maximum absolute atomic E-state index is 14.3. The van der Waals surface area contributed by atoms with Gasteiger partial charge >= 0.3 is 5.97 Å². The van der Waals surface area contributed by atoms with E-state index in [4.69, 9.17) is 27.9 Å². The van der Waals surface area contributed by atoms with Crippen LogP contribution in [0.3, 0.4) is 0 Å². The van der Waals surface area contributed by atoms with Crippen LogP contribution in [0, 0.1) is 0 Å². The summed E-state index contributed by atoms with van der Waals surface area (Å²) < 4.78 is 5.11. The molecule has 3 N–H and O–H groups in total. The normalized spacial score (nSPS) is 16.8. The van der Waals surface area contributed by atoms with Crippen molar-refractivity contribution < 1.29 is 24.3 Å². The van der Waals surface area contributed by atoms with Gasteiger partial charge in [-0.1, -0.05) is 47.5 Å². The lowest BCUT2D eigenvalue weighted by Crippen LogP contribution is -2.52. The molecule has 0 saturated carbocycles. The number of methoxy groups -OCH3 is 1. The third-order valence-corrected chi connectivity index (χ3v) is 7.17. The summed E-state index contributed by atoms with van der Waals surface area (Å²) in [5.41, 5.74) is 4.02. The Morgan fingerprint density at radius 3 is 2.46 bits per heavy atom. The molecule has 1 aliphatic heterocycles. The van der Waals surface area contributed by atoms with Crippen molar-refractivity contribution in [2.45, 2.75) is 18.5 Å². The minimum absolute atomic E-state index is 0.0131. The van der Waals surface area contributed by atoms with Gasteiger partial charge in [-0.2, -0.15) is 0 Å². The van der Waals surface area contributed by atoms with Gasteiger partial charge in [0.05, 0.1) is 34.0 Å². The van der Waals surface area contributed by atoms with E-state index in [0.29, 0.717) is 11.4 Å². The molecule has 0 radical (unpaired) electrons. The zero-order chi connectivity index (χ0) is 26.3. The van der Waals surface area contributed by atoms with Crippen molar-refractivity contribution in [1.82, 2.24) is 20.3 Å². The first-order valence-corrected chi connectivity index (χ1v) is 12.0. The molecule has 11 heteroatoms. The van der Waals surface area contributed by atoms with Crippen molar-refractivity contribution in [3.63, 3.8) is 0 Å². The monoisotopic (exact) mass is 538 g/mol. The van der Waals surface area contributed by atoms with E-state index in [1.54, 1.807) is 24.4 Å². The molecule has 3 heterocycles. The number of nitrogens with one attached hydrogen (secondary N) is 2. The number of carbonyl (C=O) groups is 3. The first-order chi connectivity index (χ1) is 17.8. The van der Waals surface area contributed by atoms with E-state index in [-0.39, 0.29) is 27.6 Å². The number of para-hydroxylation sites is 1. The molecule has 0 bridgehead atoms. The van der Waals surface area contributed by atoms with Gasteiger partial charge in [0.1, 0.15) is 12.1 Å². The molecule has 2 aromatic carbocycles. The predicted molar refractivity (Wildman–Crippen MR) is 136 cm³/mol. The van der Waals surface area contributed by atoms with Crippen LogP contribution in [0.2, 0.25) is 10.0 Å². The van der Waals surface area contributed by atoms with Gasteiger partial charge in [0.15, 0.2) is 0 Å². The van der Waals surface area contributed by atoms with Crippen molar-refractivity contribution in [2.75, 3.05) is 7.11 Å². The third-order valence-electron chi connectivity index (χ3n) is 6.44. The summed E-state index contributed by atoms with van der Waals surface area (Å²) in [5.74, 6) is -2.31. The van der Waals surface area contributed by atoms with E-state index in [0.717, 1.165) is 16.5 Å².